The molecular weight excluding hydrogens is 370 g/mol. The summed E-state index contributed by atoms with van der Waals surface area (Å²) in [5, 5.41) is 2.09. The monoisotopic (exact) mass is 384 g/mol. The van der Waals surface area contributed by atoms with Gasteiger partial charge in [-0.2, -0.15) is 0 Å². The molecular formula is C12H15ClF6N2OS. The number of rotatable bonds is 3. The molecule has 0 unspecified atom stereocenters. The molecule has 0 aromatic heterocycles. The van der Waals surface area contributed by atoms with Crippen molar-refractivity contribution in [1.29, 1.82) is 0 Å². The van der Waals surface area contributed by atoms with Gasteiger partial charge < -0.3 is 11.1 Å². The smallest absolute Gasteiger partial charge is 0.313 e. The van der Waals surface area contributed by atoms with Gasteiger partial charge in [0.2, 0.25) is 5.91 Å². The van der Waals surface area contributed by atoms with Crippen LogP contribution in [0, 0.1) is 11.7 Å². The summed E-state index contributed by atoms with van der Waals surface area (Å²) in [7, 11) is -10.2. The van der Waals surface area contributed by atoms with Crippen molar-refractivity contribution in [1.82, 2.24) is 0 Å². The Morgan fingerprint density at radius 1 is 1.17 bits per heavy atom. The standard InChI is InChI=1S/C12H14F6N2OS.ClH/c13-9-5-4-7(6-11(9)22(14,15,16,17)18)20-12(21)8-2-1-3-10(8)19;/h4-6,8,10H,1-3,19H2,(H,20,21);1H/t8-,10+;/m0./s1. The Balaban J connectivity index is 0.00000264. The van der Waals surface area contributed by atoms with Crippen LogP contribution >= 0.6 is 22.6 Å². The zero-order valence-electron chi connectivity index (χ0n) is 11.6. The number of anilines is 1. The molecule has 1 aromatic carbocycles. The molecule has 2 rings (SSSR count). The van der Waals surface area contributed by atoms with Crippen LogP contribution in [0.15, 0.2) is 23.1 Å². The van der Waals surface area contributed by atoms with Gasteiger partial charge in [-0.05, 0) is 31.0 Å². The Bertz CT molecular complexity index is 624. The third kappa shape index (κ3) is 4.67. The molecule has 0 radical (unpaired) electrons. The summed E-state index contributed by atoms with van der Waals surface area (Å²) >= 11 is 0. The van der Waals surface area contributed by atoms with E-state index >= 15 is 0 Å². The van der Waals surface area contributed by atoms with Crippen LogP contribution in [0.5, 0.6) is 0 Å². The van der Waals surface area contributed by atoms with E-state index in [0.717, 1.165) is 6.07 Å². The molecule has 1 amide bonds. The first-order valence-corrected chi connectivity index (χ1v) is 8.33. The van der Waals surface area contributed by atoms with Crippen molar-refractivity contribution in [3.63, 3.8) is 0 Å². The van der Waals surface area contributed by atoms with E-state index in [0.29, 0.717) is 19.3 Å². The van der Waals surface area contributed by atoms with Gasteiger partial charge in [-0.15, -0.1) is 12.4 Å². The third-order valence-corrected chi connectivity index (χ3v) is 4.66. The average Bonchev–Trinajstić information content (AvgIpc) is 2.75. The Kier molecular flexibility index (Phi) is 4.72. The highest BCUT2D eigenvalue weighted by molar-refractivity contribution is 8.45. The number of carbonyl (C=O) groups is 1. The van der Waals surface area contributed by atoms with Crippen LogP contribution in [0.25, 0.3) is 0 Å². The zero-order chi connectivity index (χ0) is 16.8. The van der Waals surface area contributed by atoms with Crippen LogP contribution in [-0.4, -0.2) is 11.9 Å². The predicted molar refractivity (Wildman–Crippen MR) is 79.0 cm³/mol. The van der Waals surface area contributed by atoms with E-state index in [1.54, 1.807) is 0 Å². The number of benzene rings is 1. The number of hydrogen-bond donors (Lipinski definition) is 2. The molecule has 3 nitrogen and oxygen atoms in total. The van der Waals surface area contributed by atoms with Gasteiger partial charge in [0.15, 0.2) is 0 Å². The molecule has 1 fully saturated rings. The van der Waals surface area contributed by atoms with Gasteiger partial charge in [0.25, 0.3) is 0 Å². The number of halogens is 7. The van der Waals surface area contributed by atoms with Gasteiger partial charge in [0.1, 0.15) is 10.7 Å². The minimum absolute atomic E-state index is 0. The lowest BCUT2D eigenvalue weighted by molar-refractivity contribution is -0.120. The molecule has 1 aromatic rings. The first kappa shape index (κ1) is 19.9. The van der Waals surface area contributed by atoms with E-state index in [1.807, 2.05) is 0 Å². The van der Waals surface area contributed by atoms with Crippen LogP contribution in [0.2, 0.25) is 0 Å². The Morgan fingerprint density at radius 2 is 1.78 bits per heavy atom. The first-order valence-electron chi connectivity index (χ1n) is 6.38. The average molecular weight is 385 g/mol. The van der Waals surface area contributed by atoms with E-state index < -0.39 is 44.5 Å². The molecule has 0 spiro atoms. The highest BCUT2D eigenvalue weighted by Crippen LogP contribution is 3.02. The second kappa shape index (κ2) is 5.45. The van der Waals surface area contributed by atoms with Crippen LogP contribution < -0.4 is 11.1 Å². The molecule has 0 saturated heterocycles. The van der Waals surface area contributed by atoms with E-state index in [9.17, 15) is 28.6 Å². The molecule has 11 heteroatoms. The van der Waals surface area contributed by atoms with Crippen molar-refractivity contribution in [2.45, 2.75) is 30.2 Å². The number of hydrogen-bond acceptors (Lipinski definition) is 2. The van der Waals surface area contributed by atoms with Crippen molar-refractivity contribution in [3.05, 3.63) is 24.0 Å². The summed E-state index contributed by atoms with van der Waals surface area (Å²) < 4.78 is 76.7. The molecule has 23 heavy (non-hydrogen) atoms. The maximum absolute atomic E-state index is 13.2. The van der Waals surface area contributed by atoms with Gasteiger partial charge in [0, 0.05) is 11.7 Å². The topological polar surface area (TPSA) is 55.1 Å². The molecule has 1 aliphatic rings. The number of nitrogens with two attached hydrogens (primary N) is 1. The summed E-state index contributed by atoms with van der Waals surface area (Å²) in [5.41, 5.74) is 5.14. The SMILES string of the molecule is Cl.N[C@@H]1CCC[C@@H]1C(=O)Nc1ccc(F)c(S(F)(F)(F)(F)F)c1. The van der Waals surface area contributed by atoms with Crippen molar-refractivity contribution < 1.29 is 28.6 Å². The van der Waals surface area contributed by atoms with Crippen LogP contribution in [0.4, 0.5) is 29.5 Å². The van der Waals surface area contributed by atoms with Crippen molar-refractivity contribution >= 4 is 34.2 Å². The normalized spacial score (nSPS) is 24.3. The van der Waals surface area contributed by atoms with Gasteiger partial charge in [-0.25, -0.2) is 4.39 Å². The second-order valence-corrected chi connectivity index (χ2v) is 7.68. The molecule has 1 aliphatic carbocycles. The van der Waals surface area contributed by atoms with E-state index in [1.165, 1.54) is 0 Å². The lowest BCUT2D eigenvalue weighted by Gasteiger charge is -2.40. The quantitative estimate of drug-likeness (QED) is 0.723. The summed E-state index contributed by atoms with van der Waals surface area (Å²) in [6.45, 7) is 0. The van der Waals surface area contributed by atoms with E-state index in [2.05, 4.69) is 5.32 Å². The van der Waals surface area contributed by atoms with Crippen molar-refractivity contribution in [2.24, 2.45) is 11.7 Å². The van der Waals surface area contributed by atoms with Gasteiger partial charge in [-0.3, -0.25) is 4.79 Å². The summed E-state index contributed by atoms with van der Waals surface area (Å²) in [6.07, 6.45) is 1.75. The molecule has 134 valence electrons. The third-order valence-electron chi connectivity index (χ3n) is 3.52. The van der Waals surface area contributed by atoms with Gasteiger partial charge in [0.05, 0.1) is 5.92 Å². The summed E-state index contributed by atoms with van der Waals surface area (Å²) in [4.78, 5) is 9.24. The highest BCUT2D eigenvalue weighted by Gasteiger charge is 2.67. The van der Waals surface area contributed by atoms with E-state index in [-0.39, 0.29) is 24.5 Å². The lowest BCUT2D eigenvalue weighted by atomic mass is 10.0. The fourth-order valence-electron chi connectivity index (χ4n) is 2.43. The maximum Gasteiger partial charge on any atom is 0.313 e. The van der Waals surface area contributed by atoms with E-state index in [4.69, 9.17) is 5.73 Å². The lowest BCUT2D eigenvalue weighted by Crippen LogP contribution is -2.34. The Labute approximate surface area is 134 Å². The second-order valence-electron chi connectivity index (χ2n) is 5.30. The Hall–Kier alpha value is -1.13. The molecule has 2 atom stereocenters. The van der Waals surface area contributed by atoms with Crippen molar-refractivity contribution in [3.8, 4) is 0 Å². The van der Waals surface area contributed by atoms with Gasteiger partial charge >= 0.3 is 10.2 Å². The van der Waals surface area contributed by atoms with Crippen LogP contribution in [0.3, 0.4) is 0 Å². The Morgan fingerprint density at radius 3 is 2.26 bits per heavy atom. The zero-order valence-corrected chi connectivity index (χ0v) is 13.2. The fraction of sp³-hybridized carbons (Fsp3) is 0.417. The first-order chi connectivity index (χ1) is 9.77. The maximum atomic E-state index is 13.2. The minimum Gasteiger partial charge on any atom is -0.327 e. The highest BCUT2D eigenvalue weighted by atomic mass is 35.5. The number of nitrogens with one attached hydrogen (secondary N) is 1. The molecule has 1 saturated carbocycles. The van der Waals surface area contributed by atoms with Crippen LogP contribution in [-0.2, 0) is 4.79 Å². The summed E-state index contributed by atoms with van der Waals surface area (Å²) in [5.74, 6) is -3.35. The van der Waals surface area contributed by atoms with Crippen molar-refractivity contribution in [2.75, 3.05) is 5.32 Å². The summed E-state index contributed by atoms with van der Waals surface area (Å²) in [6, 6.07) is 0.517. The predicted octanol–water partition coefficient (Wildman–Crippen LogP) is 4.97. The number of amides is 1. The molecule has 0 bridgehead atoms. The van der Waals surface area contributed by atoms with Gasteiger partial charge in [-0.1, -0.05) is 25.8 Å². The molecule has 0 aliphatic heterocycles. The number of carbonyl (C=O) groups excluding carboxylic acids is 1. The molecule has 3 N–H and O–H groups in total. The molecule has 0 heterocycles. The fourth-order valence-corrected chi connectivity index (χ4v) is 3.21. The van der Waals surface area contributed by atoms with Crippen LogP contribution in [0.1, 0.15) is 19.3 Å². The largest absolute Gasteiger partial charge is 0.327 e. The minimum atomic E-state index is -10.2.